The number of carbonyl (C=O) groups excluding carboxylic acids is 1. The lowest BCUT2D eigenvalue weighted by atomic mass is 10.1. The van der Waals surface area contributed by atoms with E-state index in [4.69, 9.17) is 4.74 Å². The third-order valence-electron chi connectivity index (χ3n) is 2.73. The van der Waals surface area contributed by atoms with Gasteiger partial charge >= 0.3 is 6.09 Å². The summed E-state index contributed by atoms with van der Waals surface area (Å²) in [4.78, 5) is 12.9. The molecule has 1 heterocycles. The summed E-state index contributed by atoms with van der Waals surface area (Å²) in [5.74, 6) is 0.200. The maximum atomic E-state index is 11.5. The van der Waals surface area contributed by atoms with Crippen molar-refractivity contribution < 1.29 is 9.53 Å². The minimum atomic E-state index is -0.347. The third-order valence-corrected chi connectivity index (χ3v) is 2.73. The summed E-state index contributed by atoms with van der Waals surface area (Å²) >= 11 is 0. The number of benzene rings is 1. The first-order valence-corrected chi connectivity index (χ1v) is 6.34. The van der Waals surface area contributed by atoms with Gasteiger partial charge in [0.1, 0.15) is 0 Å². The van der Waals surface area contributed by atoms with Gasteiger partial charge in [-0.1, -0.05) is 54.6 Å². The van der Waals surface area contributed by atoms with Crippen LogP contribution in [0.15, 0.2) is 61.0 Å². The van der Waals surface area contributed by atoms with Crippen LogP contribution in [-0.4, -0.2) is 17.6 Å². The third kappa shape index (κ3) is 3.85. The van der Waals surface area contributed by atoms with Gasteiger partial charge in [-0.15, -0.1) is 0 Å². The average molecular weight is 255 g/mol. The van der Waals surface area contributed by atoms with Crippen LogP contribution in [0.3, 0.4) is 0 Å². The van der Waals surface area contributed by atoms with Crippen LogP contribution in [0.1, 0.15) is 12.5 Å². The molecule has 0 spiro atoms. The molecule has 0 saturated carbocycles. The zero-order valence-electron chi connectivity index (χ0n) is 10.9. The van der Waals surface area contributed by atoms with Crippen molar-refractivity contribution in [2.45, 2.75) is 6.92 Å². The van der Waals surface area contributed by atoms with Crippen LogP contribution in [0.2, 0.25) is 0 Å². The van der Waals surface area contributed by atoms with Crippen LogP contribution in [0.5, 0.6) is 0 Å². The molecule has 1 aromatic carbocycles. The average Bonchev–Trinajstić information content (AvgIpc) is 2.47. The number of nitrogens with zero attached hydrogens (tertiary/aromatic N) is 1. The molecule has 98 valence electrons. The van der Waals surface area contributed by atoms with Gasteiger partial charge in [0.15, 0.2) is 0 Å². The van der Waals surface area contributed by atoms with Gasteiger partial charge in [0.25, 0.3) is 0 Å². The maximum Gasteiger partial charge on any atom is 0.417 e. The van der Waals surface area contributed by atoms with Gasteiger partial charge in [-0.2, -0.15) is 0 Å². The zero-order valence-corrected chi connectivity index (χ0v) is 10.9. The Kier molecular flexibility index (Phi) is 4.56. The molecule has 19 heavy (non-hydrogen) atoms. The van der Waals surface area contributed by atoms with Gasteiger partial charge in [0, 0.05) is 18.3 Å². The van der Waals surface area contributed by atoms with E-state index in [0.29, 0.717) is 6.61 Å². The molecule has 0 bridgehead atoms. The van der Waals surface area contributed by atoms with E-state index in [2.05, 4.69) is 24.3 Å². The highest BCUT2D eigenvalue weighted by Gasteiger charge is 2.12. The highest BCUT2D eigenvalue weighted by Crippen LogP contribution is 2.14. The minimum absolute atomic E-state index is 0.200. The first-order chi connectivity index (χ1) is 9.29. The Balaban J connectivity index is 1.93. The lowest BCUT2D eigenvalue weighted by molar-refractivity contribution is 0.133. The van der Waals surface area contributed by atoms with Gasteiger partial charge in [0.2, 0.25) is 0 Å². The van der Waals surface area contributed by atoms with E-state index in [1.807, 2.05) is 30.4 Å². The number of allylic oxidation sites excluding steroid dienone is 3. The van der Waals surface area contributed by atoms with Crippen molar-refractivity contribution in [1.82, 2.24) is 4.90 Å². The molecule has 2 rings (SSSR count). The molecule has 3 nitrogen and oxygen atoms in total. The van der Waals surface area contributed by atoms with Gasteiger partial charge in [-0.25, -0.2) is 4.79 Å². The Morgan fingerprint density at radius 3 is 2.58 bits per heavy atom. The predicted molar refractivity (Wildman–Crippen MR) is 76.1 cm³/mol. The van der Waals surface area contributed by atoms with Gasteiger partial charge in [-0.3, -0.25) is 4.90 Å². The molecule has 0 N–H and O–H groups in total. The minimum Gasteiger partial charge on any atom is -0.449 e. The smallest absolute Gasteiger partial charge is 0.417 e. The lowest BCUT2D eigenvalue weighted by Crippen LogP contribution is -2.23. The van der Waals surface area contributed by atoms with E-state index in [1.54, 1.807) is 19.3 Å². The summed E-state index contributed by atoms with van der Waals surface area (Å²) in [6.45, 7) is 2.18. The second-order valence-electron chi connectivity index (χ2n) is 4.14. The predicted octanol–water partition coefficient (Wildman–Crippen LogP) is 3.82. The van der Waals surface area contributed by atoms with Crippen molar-refractivity contribution in [3.05, 3.63) is 66.5 Å². The number of hydrogen-bond donors (Lipinski definition) is 0. The number of rotatable bonds is 3. The summed E-state index contributed by atoms with van der Waals surface area (Å²) in [5.41, 5.74) is 1.16. The normalized spacial score (nSPS) is 15.1. The summed E-state index contributed by atoms with van der Waals surface area (Å²) in [7, 11) is 0. The van der Waals surface area contributed by atoms with Crippen molar-refractivity contribution in [3.8, 4) is 0 Å². The van der Waals surface area contributed by atoms with E-state index in [0.717, 1.165) is 5.56 Å². The number of hydrogen-bond acceptors (Lipinski definition) is 2. The molecule has 0 fully saturated rings. The molecular formula is C16H17NO2. The van der Waals surface area contributed by atoms with E-state index in [1.165, 1.54) is 4.90 Å². The molecule has 1 amide bonds. The summed E-state index contributed by atoms with van der Waals surface area (Å²) in [5, 5.41) is 0. The number of ether oxygens (including phenoxy) is 1. The van der Waals surface area contributed by atoms with Crippen LogP contribution >= 0.6 is 0 Å². The SMILES string of the molecule is CCOC(=O)N1C=CC(/C=C/c2ccccc2)C=C1. The van der Waals surface area contributed by atoms with Crippen molar-refractivity contribution in [1.29, 1.82) is 0 Å². The Bertz CT molecular complexity index is 489. The Morgan fingerprint density at radius 2 is 1.95 bits per heavy atom. The Hall–Kier alpha value is -2.29. The quantitative estimate of drug-likeness (QED) is 0.821. The first-order valence-electron chi connectivity index (χ1n) is 6.34. The van der Waals surface area contributed by atoms with E-state index < -0.39 is 0 Å². The van der Waals surface area contributed by atoms with Gasteiger partial charge in [0.05, 0.1) is 6.61 Å². The molecular weight excluding hydrogens is 238 g/mol. The number of amides is 1. The lowest BCUT2D eigenvalue weighted by Gasteiger charge is -2.17. The van der Waals surface area contributed by atoms with Crippen LogP contribution < -0.4 is 0 Å². The largest absolute Gasteiger partial charge is 0.449 e. The van der Waals surface area contributed by atoms with Crippen molar-refractivity contribution in [2.75, 3.05) is 6.61 Å². The molecule has 1 aromatic rings. The summed E-state index contributed by atoms with van der Waals surface area (Å²) < 4.78 is 4.91. The molecule has 0 unspecified atom stereocenters. The van der Waals surface area contributed by atoms with Crippen molar-refractivity contribution in [2.24, 2.45) is 5.92 Å². The zero-order chi connectivity index (χ0) is 13.5. The Labute approximate surface area is 113 Å². The number of carbonyl (C=O) groups is 1. The summed E-state index contributed by atoms with van der Waals surface area (Å²) in [6.07, 6.45) is 11.2. The molecule has 1 aliphatic heterocycles. The fourth-order valence-corrected chi connectivity index (χ4v) is 1.73. The maximum absolute atomic E-state index is 11.5. The van der Waals surface area contributed by atoms with Crippen molar-refractivity contribution in [3.63, 3.8) is 0 Å². The molecule has 0 saturated heterocycles. The second kappa shape index (κ2) is 6.59. The van der Waals surface area contributed by atoms with Crippen LogP contribution in [-0.2, 0) is 4.74 Å². The van der Waals surface area contributed by atoms with Gasteiger partial charge < -0.3 is 4.74 Å². The molecule has 0 aromatic heterocycles. The highest BCUT2D eigenvalue weighted by atomic mass is 16.5. The van der Waals surface area contributed by atoms with Crippen LogP contribution in [0.4, 0.5) is 4.79 Å². The molecule has 0 radical (unpaired) electrons. The van der Waals surface area contributed by atoms with Crippen LogP contribution in [0, 0.1) is 5.92 Å². The Morgan fingerprint density at radius 1 is 1.26 bits per heavy atom. The van der Waals surface area contributed by atoms with E-state index in [9.17, 15) is 4.79 Å². The fourth-order valence-electron chi connectivity index (χ4n) is 1.73. The van der Waals surface area contributed by atoms with Crippen LogP contribution in [0.25, 0.3) is 6.08 Å². The van der Waals surface area contributed by atoms with E-state index in [-0.39, 0.29) is 12.0 Å². The molecule has 0 atom stereocenters. The molecule has 1 aliphatic rings. The van der Waals surface area contributed by atoms with Crippen molar-refractivity contribution >= 4 is 12.2 Å². The molecule has 0 aliphatic carbocycles. The monoisotopic (exact) mass is 255 g/mol. The van der Waals surface area contributed by atoms with E-state index >= 15 is 0 Å². The topological polar surface area (TPSA) is 29.5 Å². The fraction of sp³-hybridized carbons (Fsp3) is 0.188. The first kappa shape index (κ1) is 13.1. The molecule has 3 heteroatoms. The standard InChI is InChI=1S/C16H17NO2/c1-2-19-16(18)17-12-10-15(11-13-17)9-8-14-6-4-3-5-7-14/h3-13,15H,2H2,1H3/b9-8+. The van der Waals surface area contributed by atoms with Gasteiger partial charge in [-0.05, 0) is 12.5 Å². The highest BCUT2D eigenvalue weighted by molar-refractivity contribution is 5.70. The second-order valence-corrected chi connectivity index (χ2v) is 4.14. The summed E-state index contributed by atoms with van der Waals surface area (Å²) in [6, 6.07) is 10.1.